The van der Waals surface area contributed by atoms with Crippen LogP contribution in [0.4, 0.5) is 0 Å². The smallest absolute Gasteiger partial charge is 0.290 e. The maximum atomic E-state index is 13.6. The number of unbranched alkanes of at least 4 members (excludes halogenated alkanes) is 1. The first-order valence-electron chi connectivity index (χ1n) is 11.3. The van der Waals surface area contributed by atoms with Gasteiger partial charge in [0.05, 0.1) is 23.6 Å². The SMILES string of the molecule is CCCCOc1ccc(C2c3c(oc4cc(C)c(Cl)cc4c3=O)C(=O)N2CCCOC)cc1. The average molecular weight is 470 g/mol. The van der Waals surface area contributed by atoms with Crippen LogP contribution >= 0.6 is 11.6 Å². The molecule has 6 nitrogen and oxygen atoms in total. The van der Waals surface area contributed by atoms with Gasteiger partial charge in [0.2, 0.25) is 5.76 Å². The Morgan fingerprint density at radius 1 is 1.09 bits per heavy atom. The van der Waals surface area contributed by atoms with Crippen LogP contribution in [0.2, 0.25) is 5.02 Å². The van der Waals surface area contributed by atoms with Crippen molar-refractivity contribution in [3.05, 3.63) is 74.1 Å². The van der Waals surface area contributed by atoms with Gasteiger partial charge < -0.3 is 18.8 Å². The van der Waals surface area contributed by atoms with Crippen LogP contribution in [0.3, 0.4) is 0 Å². The van der Waals surface area contributed by atoms with E-state index < -0.39 is 6.04 Å². The zero-order chi connectivity index (χ0) is 23.5. The van der Waals surface area contributed by atoms with Crippen molar-refractivity contribution < 1.29 is 18.7 Å². The zero-order valence-electron chi connectivity index (χ0n) is 19.2. The van der Waals surface area contributed by atoms with Crippen molar-refractivity contribution in [2.75, 3.05) is 26.9 Å². The number of hydrogen-bond acceptors (Lipinski definition) is 5. The van der Waals surface area contributed by atoms with Crippen molar-refractivity contribution in [3.63, 3.8) is 0 Å². The lowest BCUT2D eigenvalue weighted by molar-refractivity contribution is 0.0708. The van der Waals surface area contributed by atoms with Gasteiger partial charge in [-0.15, -0.1) is 0 Å². The number of nitrogens with zero attached hydrogens (tertiary/aromatic N) is 1. The number of rotatable bonds is 9. The molecule has 2 heterocycles. The molecule has 3 aromatic rings. The first-order chi connectivity index (χ1) is 16.0. The van der Waals surface area contributed by atoms with E-state index in [0.29, 0.717) is 47.7 Å². The number of halogens is 1. The van der Waals surface area contributed by atoms with E-state index in [1.54, 1.807) is 24.1 Å². The lowest BCUT2D eigenvalue weighted by Gasteiger charge is -2.25. The molecule has 1 unspecified atom stereocenters. The van der Waals surface area contributed by atoms with Gasteiger partial charge in [-0.2, -0.15) is 0 Å². The Hall–Kier alpha value is -2.83. The third-order valence-corrected chi connectivity index (χ3v) is 6.36. The molecule has 1 aliphatic rings. The zero-order valence-corrected chi connectivity index (χ0v) is 19.9. The summed E-state index contributed by atoms with van der Waals surface area (Å²) in [4.78, 5) is 28.6. The Labute approximate surface area is 198 Å². The Morgan fingerprint density at radius 2 is 1.85 bits per heavy atom. The van der Waals surface area contributed by atoms with Crippen molar-refractivity contribution in [1.82, 2.24) is 4.90 Å². The monoisotopic (exact) mass is 469 g/mol. The minimum atomic E-state index is -0.547. The number of carbonyl (C=O) groups excluding carboxylic acids is 1. The van der Waals surface area contributed by atoms with E-state index in [-0.39, 0.29) is 17.1 Å². The number of aryl methyl sites for hydroxylation is 1. The first-order valence-corrected chi connectivity index (χ1v) is 11.6. The Balaban J connectivity index is 1.80. The molecule has 0 fully saturated rings. The molecule has 0 saturated heterocycles. The summed E-state index contributed by atoms with van der Waals surface area (Å²) in [6, 6.07) is 10.4. The summed E-state index contributed by atoms with van der Waals surface area (Å²) in [5, 5.41) is 0.863. The van der Waals surface area contributed by atoms with Crippen LogP contribution in [0.15, 0.2) is 45.6 Å². The second-order valence-corrected chi connectivity index (χ2v) is 8.70. The lowest BCUT2D eigenvalue weighted by Crippen LogP contribution is -2.31. The normalized spacial score (nSPS) is 15.3. The van der Waals surface area contributed by atoms with Gasteiger partial charge >= 0.3 is 0 Å². The second-order valence-electron chi connectivity index (χ2n) is 8.29. The van der Waals surface area contributed by atoms with Crippen LogP contribution < -0.4 is 10.2 Å². The van der Waals surface area contributed by atoms with Gasteiger partial charge in [-0.1, -0.05) is 37.1 Å². The van der Waals surface area contributed by atoms with E-state index in [1.807, 2.05) is 31.2 Å². The fraction of sp³-hybridized carbons (Fsp3) is 0.385. The van der Waals surface area contributed by atoms with Gasteiger partial charge in [0.25, 0.3) is 5.91 Å². The predicted molar refractivity (Wildman–Crippen MR) is 128 cm³/mol. The molecule has 33 heavy (non-hydrogen) atoms. The molecule has 1 atom stereocenters. The van der Waals surface area contributed by atoms with Crippen molar-refractivity contribution in [2.45, 2.75) is 39.2 Å². The maximum Gasteiger partial charge on any atom is 0.290 e. The molecule has 0 bridgehead atoms. The standard InChI is InChI=1S/C26H28ClNO5/c1-4-5-13-32-18-9-7-17(8-10-18)23-22-24(29)19-15-20(27)16(2)14-21(19)33-25(22)26(30)28(23)11-6-12-31-3/h7-10,14-15,23H,4-6,11-13H2,1-3H3. The highest BCUT2D eigenvalue weighted by atomic mass is 35.5. The fourth-order valence-electron chi connectivity index (χ4n) is 4.18. The molecule has 174 valence electrons. The number of fused-ring (bicyclic) bond motifs is 2. The minimum absolute atomic E-state index is 0.0971. The molecular weight excluding hydrogens is 442 g/mol. The lowest BCUT2D eigenvalue weighted by atomic mass is 9.98. The Morgan fingerprint density at radius 3 is 2.55 bits per heavy atom. The van der Waals surface area contributed by atoms with Gasteiger partial charge in [0.1, 0.15) is 11.3 Å². The third kappa shape index (κ3) is 4.50. The van der Waals surface area contributed by atoms with Crippen molar-refractivity contribution >= 4 is 28.5 Å². The first kappa shape index (κ1) is 23.3. The van der Waals surface area contributed by atoms with Crippen molar-refractivity contribution in [2.24, 2.45) is 0 Å². The van der Waals surface area contributed by atoms with E-state index in [2.05, 4.69) is 6.92 Å². The van der Waals surface area contributed by atoms with E-state index >= 15 is 0 Å². The van der Waals surface area contributed by atoms with Gasteiger partial charge in [0.15, 0.2) is 5.43 Å². The molecule has 0 saturated carbocycles. The van der Waals surface area contributed by atoms with Crippen molar-refractivity contribution in [1.29, 1.82) is 0 Å². The van der Waals surface area contributed by atoms with Gasteiger partial charge in [0, 0.05) is 25.3 Å². The highest BCUT2D eigenvalue weighted by Crippen LogP contribution is 2.39. The molecule has 0 spiro atoms. The number of hydrogen-bond donors (Lipinski definition) is 0. The molecule has 0 aliphatic carbocycles. The van der Waals surface area contributed by atoms with E-state index in [0.717, 1.165) is 29.7 Å². The molecule has 2 aromatic carbocycles. The number of ether oxygens (including phenoxy) is 2. The number of methoxy groups -OCH3 is 1. The molecule has 1 aliphatic heterocycles. The summed E-state index contributed by atoms with van der Waals surface area (Å²) < 4.78 is 17.0. The second kappa shape index (κ2) is 9.98. The quantitative estimate of drug-likeness (QED) is 0.386. The Bertz CT molecular complexity index is 1220. The van der Waals surface area contributed by atoms with Crippen LogP contribution in [0.5, 0.6) is 5.75 Å². The predicted octanol–water partition coefficient (Wildman–Crippen LogP) is 5.52. The summed E-state index contributed by atoms with van der Waals surface area (Å²) in [7, 11) is 1.62. The summed E-state index contributed by atoms with van der Waals surface area (Å²) in [5.74, 6) is 0.566. The molecule has 0 N–H and O–H groups in total. The van der Waals surface area contributed by atoms with Gasteiger partial charge in [-0.25, -0.2) is 0 Å². The number of amides is 1. The Kier molecular flexibility index (Phi) is 7.05. The van der Waals surface area contributed by atoms with Crippen molar-refractivity contribution in [3.8, 4) is 5.75 Å². The summed E-state index contributed by atoms with van der Waals surface area (Å²) >= 11 is 6.29. The molecule has 0 radical (unpaired) electrons. The van der Waals surface area contributed by atoms with Crippen LogP contribution in [0, 0.1) is 6.92 Å². The third-order valence-electron chi connectivity index (χ3n) is 5.96. The largest absolute Gasteiger partial charge is 0.494 e. The highest BCUT2D eigenvalue weighted by Gasteiger charge is 2.42. The van der Waals surface area contributed by atoms with Crippen LogP contribution in [0.25, 0.3) is 11.0 Å². The topological polar surface area (TPSA) is 69.0 Å². The molecule has 1 amide bonds. The highest BCUT2D eigenvalue weighted by molar-refractivity contribution is 6.32. The summed E-state index contributed by atoms with van der Waals surface area (Å²) in [6.07, 6.45) is 2.68. The molecular formula is C26H28ClNO5. The van der Waals surface area contributed by atoms with E-state index in [4.69, 9.17) is 25.5 Å². The fourth-order valence-corrected chi connectivity index (χ4v) is 4.34. The summed E-state index contributed by atoms with van der Waals surface area (Å²) in [5.41, 5.74) is 2.09. The minimum Gasteiger partial charge on any atom is -0.494 e. The van der Waals surface area contributed by atoms with Crippen LogP contribution in [0.1, 0.15) is 59.5 Å². The van der Waals surface area contributed by atoms with Gasteiger partial charge in [-0.3, -0.25) is 9.59 Å². The molecule has 7 heteroatoms. The molecule has 4 rings (SSSR count). The number of carbonyl (C=O) groups is 1. The van der Waals surface area contributed by atoms with Crippen LogP contribution in [-0.4, -0.2) is 37.7 Å². The average Bonchev–Trinajstić information content (AvgIpc) is 3.08. The summed E-state index contributed by atoms with van der Waals surface area (Å²) in [6.45, 7) is 5.55. The van der Waals surface area contributed by atoms with Gasteiger partial charge in [-0.05, 0) is 55.2 Å². The van der Waals surface area contributed by atoms with E-state index in [1.165, 1.54) is 0 Å². The number of benzene rings is 2. The van der Waals surface area contributed by atoms with E-state index in [9.17, 15) is 9.59 Å². The van der Waals surface area contributed by atoms with Crippen LogP contribution in [-0.2, 0) is 4.74 Å². The maximum absolute atomic E-state index is 13.6. The molecule has 1 aromatic heterocycles.